The summed E-state index contributed by atoms with van der Waals surface area (Å²) in [5, 5.41) is 20.1. The molecule has 1 aromatic rings. The third kappa shape index (κ3) is 2.51. The van der Waals surface area contributed by atoms with E-state index in [2.05, 4.69) is 0 Å². The maximum atomic E-state index is 12.3. The second-order valence-corrected chi connectivity index (χ2v) is 4.64. The molecule has 0 bridgehead atoms. The summed E-state index contributed by atoms with van der Waals surface area (Å²) in [5.41, 5.74) is -0.363. The molecule has 7 heteroatoms. The monoisotopic (exact) mass is 279 g/mol. The van der Waals surface area contributed by atoms with Gasteiger partial charge in [-0.2, -0.15) is 5.26 Å². The highest BCUT2D eigenvalue weighted by molar-refractivity contribution is 6.31. The van der Waals surface area contributed by atoms with Crippen molar-refractivity contribution in [2.75, 3.05) is 6.54 Å². The largest absolute Gasteiger partial charge is 0.322 e. The standard InChI is InChI=1S/C12H10ClN3O3/c13-8-3-4-11(16(18)19)10(6-8)12(17)15-5-1-2-9(15)7-14/h3-4,6,9H,1-2,5H2. The lowest BCUT2D eigenvalue weighted by Crippen LogP contribution is -2.34. The van der Waals surface area contributed by atoms with E-state index < -0.39 is 16.9 Å². The Morgan fingerprint density at radius 2 is 2.32 bits per heavy atom. The van der Waals surface area contributed by atoms with E-state index in [1.807, 2.05) is 6.07 Å². The topological polar surface area (TPSA) is 87.2 Å². The van der Waals surface area contributed by atoms with Gasteiger partial charge < -0.3 is 4.90 Å². The fourth-order valence-corrected chi connectivity index (χ4v) is 2.31. The Labute approximate surface area is 114 Å². The van der Waals surface area contributed by atoms with E-state index in [0.29, 0.717) is 13.0 Å². The second kappa shape index (κ2) is 5.24. The summed E-state index contributed by atoms with van der Waals surface area (Å²) in [5.74, 6) is -0.516. The Hall–Kier alpha value is -2.13. The van der Waals surface area contributed by atoms with Gasteiger partial charge in [0.1, 0.15) is 11.6 Å². The highest BCUT2D eigenvalue weighted by Gasteiger charge is 2.32. The molecule has 19 heavy (non-hydrogen) atoms. The number of nitriles is 1. The number of hydrogen-bond donors (Lipinski definition) is 0. The van der Waals surface area contributed by atoms with E-state index >= 15 is 0 Å². The molecule has 1 aromatic carbocycles. The van der Waals surface area contributed by atoms with E-state index in [1.165, 1.54) is 23.1 Å². The van der Waals surface area contributed by atoms with Crippen molar-refractivity contribution in [3.63, 3.8) is 0 Å². The summed E-state index contributed by atoms with van der Waals surface area (Å²) < 4.78 is 0. The number of amides is 1. The van der Waals surface area contributed by atoms with Gasteiger partial charge in [-0.05, 0) is 25.0 Å². The first-order valence-electron chi connectivity index (χ1n) is 5.69. The fraction of sp³-hybridized carbons (Fsp3) is 0.333. The molecule has 0 aliphatic carbocycles. The first-order chi connectivity index (χ1) is 9.04. The first kappa shape index (κ1) is 13.3. The number of rotatable bonds is 2. The Bertz CT molecular complexity index is 582. The summed E-state index contributed by atoms with van der Waals surface area (Å²) in [6.07, 6.45) is 1.31. The van der Waals surface area contributed by atoms with Gasteiger partial charge in [0, 0.05) is 17.6 Å². The SMILES string of the molecule is N#CC1CCCN1C(=O)c1cc(Cl)ccc1[N+](=O)[O-]. The van der Waals surface area contributed by atoms with E-state index in [1.54, 1.807) is 0 Å². The number of carbonyl (C=O) groups excluding carboxylic acids is 1. The van der Waals surface area contributed by atoms with E-state index in [0.717, 1.165) is 6.42 Å². The van der Waals surface area contributed by atoms with E-state index in [9.17, 15) is 14.9 Å². The Morgan fingerprint density at radius 1 is 1.58 bits per heavy atom. The minimum Gasteiger partial charge on any atom is -0.322 e. The van der Waals surface area contributed by atoms with Crippen molar-refractivity contribution in [3.8, 4) is 6.07 Å². The van der Waals surface area contributed by atoms with Crippen LogP contribution < -0.4 is 0 Å². The number of benzene rings is 1. The Kier molecular flexibility index (Phi) is 3.67. The van der Waals surface area contributed by atoms with Gasteiger partial charge in [0.05, 0.1) is 11.0 Å². The van der Waals surface area contributed by atoms with Crippen molar-refractivity contribution in [3.05, 3.63) is 38.9 Å². The quantitative estimate of drug-likeness (QED) is 0.614. The predicted octanol–water partition coefficient (Wildman–Crippen LogP) is 2.38. The molecule has 2 rings (SSSR count). The molecule has 1 heterocycles. The van der Waals surface area contributed by atoms with Gasteiger partial charge in [-0.15, -0.1) is 0 Å². The molecule has 6 nitrogen and oxygen atoms in total. The summed E-state index contributed by atoms with van der Waals surface area (Å²) in [6.45, 7) is 0.431. The number of nitrogens with zero attached hydrogens (tertiary/aromatic N) is 3. The van der Waals surface area contributed by atoms with Gasteiger partial charge in [-0.3, -0.25) is 14.9 Å². The molecule has 0 spiro atoms. The van der Waals surface area contributed by atoms with Gasteiger partial charge in [0.2, 0.25) is 0 Å². The normalized spacial score (nSPS) is 18.1. The van der Waals surface area contributed by atoms with Crippen LogP contribution >= 0.6 is 11.6 Å². The first-order valence-corrected chi connectivity index (χ1v) is 6.07. The summed E-state index contributed by atoms with van der Waals surface area (Å²) >= 11 is 5.78. The van der Waals surface area contributed by atoms with Crippen LogP contribution in [0.25, 0.3) is 0 Å². The number of nitro benzene ring substituents is 1. The van der Waals surface area contributed by atoms with Gasteiger partial charge in [-0.25, -0.2) is 0 Å². The van der Waals surface area contributed by atoms with E-state index in [-0.39, 0.29) is 16.3 Å². The van der Waals surface area contributed by atoms with Crippen LogP contribution in [0.15, 0.2) is 18.2 Å². The lowest BCUT2D eigenvalue weighted by Gasteiger charge is -2.19. The van der Waals surface area contributed by atoms with Gasteiger partial charge in [0.15, 0.2) is 0 Å². The van der Waals surface area contributed by atoms with Crippen molar-refractivity contribution in [1.29, 1.82) is 5.26 Å². The van der Waals surface area contributed by atoms with Crippen molar-refractivity contribution < 1.29 is 9.72 Å². The molecule has 1 unspecified atom stereocenters. The maximum absolute atomic E-state index is 12.3. The number of halogens is 1. The van der Waals surface area contributed by atoms with Crippen molar-refractivity contribution in [1.82, 2.24) is 4.90 Å². The van der Waals surface area contributed by atoms with Crippen LogP contribution in [-0.2, 0) is 0 Å². The number of hydrogen-bond acceptors (Lipinski definition) is 4. The molecule has 0 radical (unpaired) electrons. The lowest BCUT2D eigenvalue weighted by molar-refractivity contribution is -0.385. The molecule has 0 saturated carbocycles. The van der Waals surface area contributed by atoms with Crippen LogP contribution in [0.5, 0.6) is 0 Å². The van der Waals surface area contributed by atoms with Crippen LogP contribution in [0.4, 0.5) is 5.69 Å². The molecule has 98 valence electrons. The van der Waals surface area contributed by atoms with Crippen molar-refractivity contribution in [2.45, 2.75) is 18.9 Å². The summed E-state index contributed by atoms with van der Waals surface area (Å²) in [6, 6.07) is 5.35. The molecular weight excluding hydrogens is 270 g/mol. The number of carbonyl (C=O) groups is 1. The average molecular weight is 280 g/mol. The van der Waals surface area contributed by atoms with Gasteiger partial charge in [-0.1, -0.05) is 11.6 Å². The minimum absolute atomic E-state index is 0.0698. The molecule has 1 aliphatic heterocycles. The number of likely N-dealkylation sites (tertiary alicyclic amines) is 1. The minimum atomic E-state index is -0.624. The third-order valence-electron chi connectivity index (χ3n) is 3.05. The van der Waals surface area contributed by atoms with Crippen LogP contribution in [0.1, 0.15) is 23.2 Å². The maximum Gasteiger partial charge on any atom is 0.282 e. The predicted molar refractivity (Wildman–Crippen MR) is 67.8 cm³/mol. The molecule has 1 atom stereocenters. The van der Waals surface area contributed by atoms with Gasteiger partial charge in [0.25, 0.3) is 11.6 Å². The molecule has 0 aromatic heterocycles. The van der Waals surface area contributed by atoms with Crippen molar-refractivity contribution >= 4 is 23.2 Å². The Balaban J connectivity index is 2.41. The lowest BCUT2D eigenvalue weighted by atomic mass is 10.1. The molecule has 1 saturated heterocycles. The van der Waals surface area contributed by atoms with Crippen LogP contribution in [-0.4, -0.2) is 28.3 Å². The number of nitro groups is 1. The highest BCUT2D eigenvalue weighted by Crippen LogP contribution is 2.27. The highest BCUT2D eigenvalue weighted by atomic mass is 35.5. The molecule has 0 N–H and O–H groups in total. The molecule has 1 aliphatic rings. The zero-order valence-corrected chi connectivity index (χ0v) is 10.6. The summed E-state index contributed by atoms with van der Waals surface area (Å²) in [7, 11) is 0. The fourth-order valence-electron chi connectivity index (χ4n) is 2.14. The van der Waals surface area contributed by atoms with Crippen LogP contribution in [0, 0.1) is 21.4 Å². The van der Waals surface area contributed by atoms with Crippen molar-refractivity contribution in [2.24, 2.45) is 0 Å². The van der Waals surface area contributed by atoms with Crippen LogP contribution in [0.3, 0.4) is 0 Å². The zero-order valence-electron chi connectivity index (χ0n) is 9.88. The smallest absolute Gasteiger partial charge is 0.282 e. The zero-order chi connectivity index (χ0) is 14.0. The van der Waals surface area contributed by atoms with Gasteiger partial charge >= 0.3 is 0 Å². The second-order valence-electron chi connectivity index (χ2n) is 4.20. The molecular formula is C12H10ClN3O3. The average Bonchev–Trinajstić information content (AvgIpc) is 2.85. The Morgan fingerprint density at radius 3 is 2.95 bits per heavy atom. The third-order valence-corrected chi connectivity index (χ3v) is 3.28. The van der Waals surface area contributed by atoms with Crippen LogP contribution in [0.2, 0.25) is 5.02 Å². The molecule has 1 fully saturated rings. The van der Waals surface area contributed by atoms with E-state index in [4.69, 9.17) is 16.9 Å². The molecule has 1 amide bonds. The summed E-state index contributed by atoms with van der Waals surface area (Å²) in [4.78, 5) is 24.0.